The largest absolute Gasteiger partial charge is 0.492 e. The summed E-state index contributed by atoms with van der Waals surface area (Å²) in [6.07, 6.45) is 5.16. The van der Waals surface area contributed by atoms with E-state index in [1.165, 1.54) is 9.13 Å². The Bertz CT molecular complexity index is 803. The van der Waals surface area contributed by atoms with Crippen molar-refractivity contribution >= 4 is 0 Å². The molecule has 0 amide bonds. The monoisotopic (exact) mass is 330 g/mol. The Kier molecular flexibility index (Phi) is 5.15. The zero-order valence-electron chi connectivity index (χ0n) is 13.8. The molecule has 0 aliphatic carbocycles. The number of rotatable bonds is 5. The van der Waals surface area contributed by atoms with Crippen molar-refractivity contribution in [3.8, 4) is 11.4 Å². The summed E-state index contributed by atoms with van der Waals surface area (Å²) in [6.45, 7) is 4.37. The first-order valence-electron chi connectivity index (χ1n) is 8.32. The van der Waals surface area contributed by atoms with Crippen LogP contribution in [0.2, 0.25) is 0 Å². The molecule has 0 N–H and O–H groups in total. The van der Waals surface area contributed by atoms with Gasteiger partial charge in [0.25, 0.3) is 0 Å². The molecule has 0 radical (unpaired) electrons. The molecule has 1 aromatic heterocycles. The van der Waals surface area contributed by atoms with Gasteiger partial charge in [0.15, 0.2) is 0 Å². The lowest BCUT2D eigenvalue weighted by molar-refractivity contribution is 0.0609. The van der Waals surface area contributed by atoms with Gasteiger partial charge in [0.1, 0.15) is 5.75 Å². The second kappa shape index (κ2) is 7.49. The third-order valence-corrected chi connectivity index (χ3v) is 4.28. The van der Waals surface area contributed by atoms with E-state index in [1.807, 2.05) is 19.1 Å². The van der Waals surface area contributed by atoms with E-state index >= 15 is 0 Å². The number of hydrogen-bond donors (Lipinski definition) is 0. The Balaban J connectivity index is 1.93. The Hall–Kier alpha value is -2.34. The maximum Gasteiger partial charge on any atom is 0.321 e. The summed E-state index contributed by atoms with van der Waals surface area (Å²) < 4.78 is 13.8. The average molecular weight is 330 g/mol. The molecule has 1 aromatic carbocycles. The molecule has 2 heterocycles. The minimum atomic E-state index is -0.559. The van der Waals surface area contributed by atoms with E-state index in [0.29, 0.717) is 30.5 Å². The van der Waals surface area contributed by atoms with E-state index in [1.54, 1.807) is 24.5 Å². The zero-order valence-corrected chi connectivity index (χ0v) is 13.8. The molecular weight excluding hydrogens is 308 g/mol. The van der Waals surface area contributed by atoms with Gasteiger partial charge in [-0.05, 0) is 37.8 Å². The van der Waals surface area contributed by atoms with Crippen molar-refractivity contribution < 1.29 is 9.47 Å². The molecule has 1 aliphatic heterocycles. The molecule has 1 aliphatic rings. The molecule has 0 bridgehead atoms. The van der Waals surface area contributed by atoms with Gasteiger partial charge in [-0.2, -0.15) is 0 Å². The van der Waals surface area contributed by atoms with Crippen molar-refractivity contribution in [1.29, 1.82) is 0 Å². The second-order valence-corrected chi connectivity index (χ2v) is 5.89. The lowest BCUT2D eigenvalue weighted by Crippen LogP contribution is -2.41. The van der Waals surface area contributed by atoms with Crippen LogP contribution in [-0.4, -0.2) is 29.0 Å². The first-order chi connectivity index (χ1) is 11.7. The molecule has 128 valence electrons. The van der Waals surface area contributed by atoms with Gasteiger partial charge in [0.2, 0.25) is 0 Å². The fourth-order valence-electron chi connectivity index (χ4n) is 2.98. The van der Waals surface area contributed by atoms with Crippen LogP contribution in [0.25, 0.3) is 5.69 Å². The lowest BCUT2D eigenvalue weighted by Gasteiger charge is -2.22. The summed E-state index contributed by atoms with van der Waals surface area (Å²) in [7, 11) is 0. The Morgan fingerprint density at radius 2 is 1.88 bits per heavy atom. The van der Waals surface area contributed by atoms with Crippen LogP contribution < -0.4 is 15.9 Å². The van der Waals surface area contributed by atoms with E-state index in [-0.39, 0.29) is 0 Å². The van der Waals surface area contributed by atoms with Crippen molar-refractivity contribution in [2.45, 2.75) is 26.3 Å². The predicted octanol–water partition coefficient (Wildman–Crippen LogP) is 1.82. The molecule has 1 saturated heterocycles. The standard InChI is InChI=1S/C18H22N2O4/c1-2-24-16-6-4-3-5-15(16)20-10-9-19(17(21)18(20)22)13-14-7-11-23-12-8-14/h3-6,9-10,14H,2,7-8,11-13H2,1H3. The third kappa shape index (κ3) is 3.43. The van der Waals surface area contributed by atoms with E-state index in [4.69, 9.17) is 9.47 Å². The van der Waals surface area contributed by atoms with Gasteiger partial charge >= 0.3 is 11.1 Å². The van der Waals surface area contributed by atoms with Crippen LogP contribution in [0, 0.1) is 5.92 Å². The van der Waals surface area contributed by atoms with Crippen molar-refractivity contribution in [1.82, 2.24) is 9.13 Å². The maximum atomic E-state index is 12.5. The minimum Gasteiger partial charge on any atom is -0.492 e. The highest BCUT2D eigenvalue weighted by molar-refractivity contribution is 5.46. The van der Waals surface area contributed by atoms with Crippen molar-refractivity contribution in [3.63, 3.8) is 0 Å². The van der Waals surface area contributed by atoms with Crippen LogP contribution in [0.1, 0.15) is 19.8 Å². The van der Waals surface area contributed by atoms with Crippen LogP contribution in [0.15, 0.2) is 46.2 Å². The lowest BCUT2D eigenvalue weighted by atomic mass is 10.0. The average Bonchev–Trinajstić information content (AvgIpc) is 2.61. The van der Waals surface area contributed by atoms with Crippen LogP contribution in [0.3, 0.4) is 0 Å². The van der Waals surface area contributed by atoms with Gasteiger partial charge < -0.3 is 14.0 Å². The summed E-state index contributed by atoms with van der Waals surface area (Å²) in [5, 5.41) is 0. The van der Waals surface area contributed by atoms with Crippen molar-refractivity contribution in [2.24, 2.45) is 5.92 Å². The molecule has 2 aromatic rings. The number of para-hydroxylation sites is 2. The molecule has 0 unspecified atom stereocenters. The van der Waals surface area contributed by atoms with Gasteiger partial charge in [0.05, 0.1) is 12.3 Å². The maximum absolute atomic E-state index is 12.5. The molecule has 3 rings (SSSR count). The van der Waals surface area contributed by atoms with Gasteiger partial charge in [-0.25, -0.2) is 0 Å². The minimum absolute atomic E-state index is 0.377. The molecule has 24 heavy (non-hydrogen) atoms. The number of hydrogen-bond acceptors (Lipinski definition) is 4. The Morgan fingerprint density at radius 1 is 1.12 bits per heavy atom. The van der Waals surface area contributed by atoms with Gasteiger partial charge in [-0.15, -0.1) is 0 Å². The number of benzene rings is 1. The van der Waals surface area contributed by atoms with E-state index in [2.05, 4.69) is 0 Å². The SMILES string of the molecule is CCOc1ccccc1-n1ccn(CC2CCOCC2)c(=O)c1=O. The molecule has 0 spiro atoms. The fourth-order valence-corrected chi connectivity index (χ4v) is 2.98. The summed E-state index contributed by atoms with van der Waals surface area (Å²) >= 11 is 0. The Labute approximate surface area is 140 Å². The predicted molar refractivity (Wildman–Crippen MR) is 91.0 cm³/mol. The van der Waals surface area contributed by atoms with Crippen molar-refractivity contribution in [2.75, 3.05) is 19.8 Å². The quantitative estimate of drug-likeness (QED) is 0.785. The van der Waals surface area contributed by atoms with E-state index in [9.17, 15) is 9.59 Å². The van der Waals surface area contributed by atoms with Gasteiger partial charge in [-0.1, -0.05) is 12.1 Å². The summed E-state index contributed by atoms with van der Waals surface area (Å²) in [6, 6.07) is 7.22. The van der Waals surface area contributed by atoms with Crippen LogP contribution >= 0.6 is 0 Å². The molecule has 6 nitrogen and oxygen atoms in total. The van der Waals surface area contributed by atoms with Crippen LogP contribution in [0.4, 0.5) is 0 Å². The number of nitrogens with zero attached hydrogens (tertiary/aromatic N) is 2. The second-order valence-electron chi connectivity index (χ2n) is 5.89. The molecule has 0 saturated carbocycles. The zero-order chi connectivity index (χ0) is 16.9. The molecule has 6 heteroatoms. The smallest absolute Gasteiger partial charge is 0.321 e. The molecule has 0 atom stereocenters. The van der Waals surface area contributed by atoms with Crippen molar-refractivity contribution in [3.05, 3.63) is 57.4 Å². The topological polar surface area (TPSA) is 62.5 Å². The highest BCUT2D eigenvalue weighted by Crippen LogP contribution is 2.21. The van der Waals surface area contributed by atoms with E-state index in [0.717, 1.165) is 26.1 Å². The highest BCUT2D eigenvalue weighted by Gasteiger charge is 2.17. The fraction of sp³-hybridized carbons (Fsp3) is 0.444. The highest BCUT2D eigenvalue weighted by atomic mass is 16.5. The van der Waals surface area contributed by atoms with E-state index < -0.39 is 11.1 Å². The number of aromatic nitrogens is 2. The summed E-state index contributed by atoms with van der Waals surface area (Å²) in [5.41, 5.74) is -0.480. The first-order valence-corrected chi connectivity index (χ1v) is 8.32. The number of ether oxygens (including phenoxy) is 2. The first kappa shape index (κ1) is 16.5. The van der Waals surface area contributed by atoms with Gasteiger partial charge in [0, 0.05) is 32.2 Å². The van der Waals surface area contributed by atoms with Crippen LogP contribution in [0.5, 0.6) is 5.75 Å². The third-order valence-electron chi connectivity index (χ3n) is 4.28. The van der Waals surface area contributed by atoms with Gasteiger partial charge in [-0.3, -0.25) is 14.2 Å². The summed E-state index contributed by atoms with van der Waals surface area (Å²) in [4.78, 5) is 25.0. The summed E-state index contributed by atoms with van der Waals surface area (Å²) in [5.74, 6) is 0.964. The normalized spacial score (nSPS) is 15.4. The van der Waals surface area contributed by atoms with Crippen LogP contribution in [-0.2, 0) is 11.3 Å². The molecular formula is C18H22N2O4. The Morgan fingerprint density at radius 3 is 2.62 bits per heavy atom. The molecule has 1 fully saturated rings.